The van der Waals surface area contributed by atoms with Gasteiger partial charge in [0, 0.05) is 26.2 Å². The predicted molar refractivity (Wildman–Crippen MR) is 96.6 cm³/mol. The molecule has 1 aliphatic heterocycles. The zero-order chi connectivity index (χ0) is 17.9. The molecule has 0 bridgehead atoms. The van der Waals surface area contributed by atoms with E-state index in [2.05, 4.69) is 19.6 Å². The van der Waals surface area contributed by atoms with E-state index in [1.54, 1.807) is 31.2 Å². The van der Waals surface area contributed by atoms with Crippen molar-refractivity contribution in [3.05, 3.63) is 35.4 Å². The van der Waals surface area contributed by atoms with Crippen LogP contribution in [0.3, 0.4) is 0 Å². The van der Waals surface area contributed by atoms with Gasteiger partial charge >= 0.3 is 0 Å². The Balaban J connectivity index is 1.86. The van der Waals surface area contributed by atoms with E-state index < -0.39 is 8.07 Å². The molecule has 1 aromatic rings. The Morgan fingerprint density at radius 1 is 1.04 bits per heavy atom. The Morgan fingerprint density at radius 3 is 2.04 bits per heavy atom. The van der Waals surface area contributed by atoms with Gasteiger partial charge in [-0.2, -0.15) is 0 Å². The summed E-state index contributed by atoms with van der Waals surface area (Å²) in [6.45, 7) is 9.41. The van der Waals surface area contributed by atoms with E-state index in [1.807, 2.05) is 4.90 Å². The van der Waals surface area contributed by atoms with Gasteiger partial charge in [0.1, 0.15) is 0 Å². The van der Waals surface area contributed by atoms with Crippen molar-refractivity contribution in [1.29, 1.82) is 0 Å². The van der Waals surface area contributed by atoms with Crippen LogP contribution in [0.1, 0.15) is 40.5 Å². The van der Waals surface area contributed by atoms with Crippen molar-refractivity contribution in [3.8, 4) is 0 Å². The lowest BCUT2D eigenvalue weighted by Gasteiger charge is -2.28. The number of hydrogen-bond acceptors (Lipinski definition) is 3. The zero-order valence-electron chi connectivity index (χ0n) is 15.0. The quantitative estimate of drug-likeness (QED) is 0.433. The standard InChI is InChI=1S/C18H26N2O3Si/c1-14(21)19(13-24(2,3)4)11-7-8-12-20-17(22)15-9-5-6-10-16(15)18(20)23/h5-6,9-10H,7-8,11-13H2,1-4H3. The maximum atomic E-state index is 12.3. The number of carbonyl (C=O) groups excluding carboxylic acids is 3. The van der Waals surface area contributed by atoms with Crippen LogP contribution in [0.15, 0.2) is 24.3 Å². The average molecular weight is 347 g/mol. The van der Waals surface area contributed by atoms with Crippen LogP contribution in [-0.2, 0) is 4.79 Å². The highest BCUT2D eigenvalue weighted by molar-refractivity contribution is 6.76. The van der Waals surface area contributed by atoms with Crippen molar-refractivity contribution < 1.29 is 14.4 Å². The first-order valence-electron chi connectivity index (χ1n) is 8.41. The van der Waals surface area contributed by atoms with Crippen LogP contribution in [-0.4, -0.2) is 54.9 Å². The molecule has 0 N–H and O–H groups in total. The summed E-state index contributed by atoms with van der Waals surface area (Å²) in [6.07, 6.45) is 2.34. The topological polar surface area (TPSA) is 57.7 Å². The summed E-state index contributed by atoms with van der Waals surface area (Å²) in [5.74, 6) is -0.319. The lowest BCUT2D eigenvalue weighted by Crippen LogP contribution is -2.43. The van der Waals surface area contributed by atoms with E-state index in [0.717, 1.165) is 12.6 Å². The molecular formula is C18H26N2O3Si. The Bertz CT molecular complexity index is 617. The van der Waals surface area contributed by atoms with Gasteiger partial charge in [0.25, 0.3) is 11.8 Å². The van der Waals surface area contributed by atoms with Gasteiger partial charge in [0.05, 0.1) is 19.2 Å². The van der Waals surface area contributed by atoms with Crippen LogP contribution >= 0.6 is 0 Å². The smallest absolute Gasteiger partial charge is 0.261 e. The molecule has 6 heteroatoms. The zero-order valence-corrected chi connectivity index (χ0v) is 16.0. The van der Waals surface area contributed by atoms with Gasteiger partial charge in [0.2, 0.25) is 5.91 Å². The lowest BCUT2D eigenvalue weighted by molar-refractivity contribution is -0.128. The number of benzene rings is 1. The van der Waals surface area contributed by atoms with Gasteiger partial charge in [-0.05, 0) is 25.0 Å². The van der Waals surface area contributed by atoms with Crippen molar-refractivity contribution >= 4 is 25.8 Å². The summed E-state index contributed by atoms with van der Waals surface area (Å²) in [6, 6.07) is 6.94. The lowest BCUT2D eigenvalue weighted by atomic mass is 10.1. The molecule has 3 amide bonds. The molecule has 5 nitrogen and oxygen atoms in total. The maximum Gasteiger partial charge on any atom is 0.261 e. The second-order valence-corrected chi connectivity index (χ2v) is 13.0. The molecule has 2 rings (SSSR count). The van der Waals surface area contributed by atoms with Gasteiger partial charge in [-0.3, -0.25) is 19.3 Å². The van der Waals surface area contributed by atoms with Gasteiger partial charge in [-0.15, -0.1) is 0 Å². The van der Waals surface area contributed by atoms with Gasteiger partial charge in [-0.1, -0.05) is 31.8 Å². The second-order valence-electron chi connectivity index (χ2n) is 7.52. The summed E-state index contributed by atoms with van der Waals surface area (Å²) in [7, 11) is -1.35. The predicted octanol–water partition coefficient (Wildman–Crippen LogP) is 2.79. The van der Waals surface area contributed by atoms with Crippen LogP contribution in [0.2, 0.25) is 19.6 Å². The minimum absolute atomic E-state index is 0.0955. The van der Waals surface area contributed by atoms with Crippen LogP contribution < -0.4 is 0 Å². The molecule has 130 valence electrons. The van der Waals surface area contributed by atoms with E-state index in [-0.39, 0.29) is 17.7 Å². The molecule has 0 unspecified atom stereocenters. The molecule has 24 heavy (non-hydrogen) atoms. The molecule has 0 radical (unpaired) electrons. The highest BCUT2D eigenvalue weighted by atomic mass is 28.3. The fourth-order valence-electron chi connectivity index (χ4n) is 2.94. The fraction of sp³-hybridized carbons (Fsp3) is 0.500. The van der Waals surface area contributed by atoms with E-state index in [0.29, 0.717) is 30.6 Å². The van der Waals surface area contributed by atoms with Gasteiger partial charge < -0.3 is 4.90 Å². The summed E-state index contributed by atoms with van der Waals surface area (Å²) in [5.41, 5.74) is 0.984. The van der Waals surface area contributed by atoms with Crippen LogP contribution in [0, 0.1) is 0 Å². The molecular weight excluding hydrogens is 320 g/mol. The first kappa shape index (κ1) is 18.4. The van der Waals surface area contributed by atoms with Crippen LogP contribution in [0.4, 0.5) is 0 Å². The second kappa shape index (κ2) is 7.30. The van der Waals surface area contributed by atoms with E-state index in [1.165, 1.54) is 4.90 Å². The van der Waals surface area contributed by atoms with Crippen LogP contribution in [0.5, 0.6) is 0 Å². The van der Waals surface area contributed by atoms with Gasteiger partial charge in [-0.25, -0.2) is 0 Å². The largest absolute Gasteiger partial charge is 0.346 e. The highest BCUT2D eigenvalue weighted by Crippen LogP contribution is 2.22. The summed E-state index contributed by atoms with van der Waals surface area (Å²) < 4.78 is 0. The SMILES string of the molecule is CC(=O)N(CCCCN1C(=O)c2ccccc2C1=O)C[Si](C)(C)C. The van der Waals surface area contributed by atoms with Crippen LogP contribution in [0.25, 0.3) is 0 Å². The highest BCUT2D eigenvalue weighted by Gasteiger charge is 2.34. The Labute approximate surface area is 144 Å². The third kappa shape index (κ3) is 4.32. The molecule has 1 aromatic carbocycles. The number of nitrogens with zero attached hydrogens (tertiary/aromatic N) is 2. The number of imide groups is 1. The number of rotatable bonds is 7. The number of unbranched alkanes of at least 4 members (excludes halogenated alkanes) is 1. The van der Waals surface area contributed by atoms with E-state index in [4.69, 9.17) is 0 Å². The minimum atomic E-state index is -1.35. The Morgan fingerprint density at radius 2 is 1.58 bits per heavy atom. The van der Waals surface area contributed by atoms with Crippen molar-refractivity contribution in [2.75, 3.05) is 19.3 Å². The Kier molecular flexibility index (Phi) is 5.59. The summed E-state index contributed by atoms with van der Waals surface area (Å²) in [4.78, 5) is 39.5. The third-order valence-corrected chi connectivity index (χ3v) is 5.38. The Hall–Kier alpha value is -1.95. The molecule has 1 heterocycles. The van der Waals surface area contributed by atoms with Crippen molar-refractivity contribution in [2.45, 2.75) is 39.4 Å². The minimum Gasteiger partial charge on any atom is -0.346 e. The van der Waals surface area contributed by atoms with Gasteiger partial charge in [0.15, 0.2) is 0 Å². The molecule has 0 aromatic heterocycles. The van der Waals surface area contributed by atoms with E-state index >= 15 is 0 Å². The third-order valence-electron chi connectivity index (χ3n) is 4.05. The monoisotopic (exact) mass is 346 g/mol. The van der Waals surface area contributed by atoms with E-state index in [9.17, 15) is 14.4 Å². The molecule has 0 spiro atoms. The first-order chi connectivity index (χ1) is 11.2. The average Bonchev–Trinajstić information content (AvgIpc) is 2.74. The number of amides is 3. The summed E-state index contributed by atoms with van der Waals surface area (Å²) >= 11 is 0. The number of hydrogen-bond donors (Lipinski definition) is 0. The normalized spacial score (nSPS) is 14.1. The molecule has 0 fully saturated rings. The molecule has 0 saturated heterocycles. The maximum absolute atomic E-state index is 12.3. The first-order valence-corrected chi connectivity index (χ1v) is 12.1. The fourth-order valence-corrected chi connectivity index (χ4v) is 4.46. The molecule has 0 saturated carbocycles. The molecule has 0 aliphatic carbocycles. The number of carbonyl (C=O) groups is 3. The van der Waals surface area contributed by atoms with Crippen molar-refractivity contribution in [3.63, 3.8) is 0 Å². The van der Waals surface area contributed by atoms with Crippen molar-refractivity contribution in [2.24, 2.45) is 0 Å². The molecule has 1 aliphatic rings. The molecule has 0 atom stereocenters. The number of fused-ring (bicyclic) bond motifs is 1. The summed E-state index contributed by atoms with van der Waals surface area (Å²) in [5, 5.41) is 0. The van der Waals surface area contributed by atoms with Crippen molar-refractivity contribution in [1.82, 2.24) is 9.80 Å².